The summed E-state index contributed by atoms with van der Waals surface area (Å²) in [5, 5.41) is 2.20. The van der Waals surface area contributed by atoms with Gasteiger partial charge in [-0.25, -0.2) is 0 Å². The van der Waals surface area contributed by atoms with Crippen molar-refractivity contribution in [2.45, 2.75) is 32.1 Å². The normalized spacial score (nSPS) is 12.2. The first kappa shape index (κ1) is 13.0. The summed E-state index contributed by atoms with van der Waals surface area (Å²) >= 11 is 6.08. The van der Waals surface area contributed by atoms with Crippen LogP contribution in [0.25, 0.3) is 0 Å². The molecule has 1 atom stereocenters. The monoisotopic (exact) mass is 239 g/mol. The van der Waals surface area contributed by atoms with Gasteiger partial charge >= 0.3 is 0 Å². The predicted molar refractivity (Wildman–Crippen MR) is 67.7 cm³/mol. The highest BCUT2D eigenvalue weighted by Gasteiger charge is 2.16. The van der Waals surface area contributed by atoms with Gasteiger partial charge in [-0.05, 0) is 24.0 Å². The third kappa shape index (κ3) is 3.53. The van der Waals surface area contributed by atoms with Crippen molar-refractivity contribution in [2.75, 3.05) is 6.54 Å². The Labute approximate surface area is 102 Å². The molecule has 0 heterocycles. The molecule has 1 N–H and O–H groups in total. The first-order chi connectivity index (χ1) is 7.69. The Hall–Kier alpha value is -1.02. The van der Waals surface area contributed by atoms with Gasteiger partial charge in [0.05, 0.1) is 0 Å². The Morgan fingerprint density at radius 2 is 1.94 bits per heavy atom. The quantitative estimate of drug-likeness (QED) is 0.787. The number of alkyl halides is 1. The third-order valence-corrected chi connectivity index (χ3v) is 2.91. The molecule has 88 valence electrons. The topological polar surface area (TPSA) is 29.1 Å². The van der Waals surface area contributed by atoms with Gasteiger partial charge in [0.25, 0.3) is 0 Å². The molecule has 0 aliphatic heterocycles. The van der Waals surface area contributed by atoms with Crippen molar-refractivity contribution in [3.63, 3.8) is 0 Å². The first-order valence-electron chi connectivity index (χ1n) is 5.69. The predicted octanol–water partition coefficient (Wildman–Crippen LogP) is 3.06. The molecule has 2 nitrogen and oxygen atoms in total. The largest absolute Gasteiger partial charge is 0.355 e. The zero-order valence-corrected chi connectivity index (χ0v) is 10.6. The second-order valence-corrected chi connectivity index (χ2v) is 4.19. The van der Waals surface area contributed by atoms with E-state index in [1.807, 2.05) is 31.2 Å². The Balaban J connectivity index is 2.64. The summed E-state index contributed by atoms with van der Waals surface area (Å²) in [5.74, 6) is -0.118. The van der Waals surface area contributed by atoms with Gasteiger partial charge in [0, 0.05) is 6.54 Å². The van der Waals surface area contributed by atoms with E-state index in [1.54, 1.807) is 0 Å². The maximum absolute atomic E-state index is 11.6. The standard InChI is InChI=1S/C13H18ClNO/c1-3-9-15-13(16)12(14)11-7-5-10(4-2)6-8-11/h5-8,12H,3-4,9H2,1-2H3,(H,15,16). The Morgan fingerprint density at radius 3 is 2.44 bits per heavy atom. The van der Waals surface area contributed by atoms with Crippen molar-refractivity contribution < 1.29 is 4.79 Å². The number of carbonyl (C=O) groups is 1. The number of nitrogens with one attached hydrogen (secondary N) is 1. The number of hydrogen-bond donors (Lipinski definition) is 1. The van der Waals surface area contributed by atoms with Crippen LogP contribution in [0.2, 0.25) is 0 Å². The Morgan fingerprint density at radius 1 is 1.31 bits per heavy atom. The fraction of sp³-hybridized carbons (Fsp3) is 0.462. The SMILES string of the molecule is CCCNC(=O)C(Cl)c1ccc(CC)cc1. The summed E-state index contributed by atoms with van der Waals surface area (Å²) in [6, 6.07) is 7.86. The Bertz CT molecular complexity index is 334. The van der Waals surface area contributed by atoms with E-state index in [0.29, 0.717) is 6.54 Å². The number of amides is 1. The van der Waals surface area contributed by atoms with Crippen LogP contribution in [0.5, 0.6) is 0 Å². The summed E-state index contributed by atoms with van der Waals surface area (Å²) in [6.07, 6.45) is 1.92. The van der Waals surface area contributed by atoms with E-state index in [2.05, 4.69) is 12.2 Å². The molecule has 1 amide bonds. The van der Waals surface area contributed by atoms with Crippen LogP contribution in [0, 0.1) is 0 Å². The van der Waals surface area contributed by atoms with E-state index in [0.717, 1.165) is 18.4 Å². The summed E-state index contributed by atoms with van der Waals surface area (Å²) in [7, 11) is 0. The van der Waals surface area contributed by atoms with Crippen molar-refractivity contribution in [1.82, 2.24) is 5.32 Å². The number of carbonyl (C=O) groups excluding carboxylic acids is 1. The molecule has 0 saturated carbocycles. The number of benzene rings is 1. The summed E-state index contributed by atoms with van der Waals surface area (Å²) in [5.41, 5.74) is 2.11. The van der Waals surface area contributed by atoms with E-state index in [9.17, 15) is 4.79 Å². The van der Waals surface area contributed by atoms with E-state index in [4.69, 9.17) is 11.6 Å². The minimum atomic E-state index is -0.586. The van der Waals surface area contributed by atoms with Gasteiger partial charge < -0.3 is 5.32 Å². The van der Waals surface area contributed by atoms with Crippen LogP contribution >= 0.6 is 11.6 Å². The van der Waals surface area contributed by atoms with Crippen LogP contribution in [0.3, 0.4) is 0 Å². The van der Waals surface area contributed by atoms with Gasteiger partial charge in [0.2, 0.25) is 5.91 Å². The van der Waals surface area contributed by atoms with Crippen LogP contribution in [-0.2, 0) is 11.2 Å². The lowest BCUT2D eigenvalue weighted by molar-refractivity contribution is -0.120. The molecule has 0 aliphatic carbocycles. The summed E-state index contributed by atoms with van der Waals surface area (Å²) < 4.78 is 0. The first-order valence-corrected chi connectivity index (χ1v) is 6.13. The molecule has 1 aromatic rings. The van der Waals surface area contributed by atoms with Crippen molar-refractivity contribution in [1.29, 1.82) is 0 Å². The second kappa shape index (κ2) is 6.54. The molecule has 1 rings (SSSR count). The van der Waals surface area contributed by atoms with Gasteiger partial charge in [-0.1, -0.05) is 38.1 Å². The number of hydrogen-bond acceptors (Lipinski definition) is 1. The minimum absolute atomic E-state index is 0.118. The lowest BCUT2D eigenvalue weighted by Gasteiger charge is -2.10. The van der Waals surface area contributed by atoms with Crippen LogP contribution in [-0.4, -0.2) is 12.5 Å². The van der Waals surface area contributed by atoms with E-state index in [1.165, 1.54) is 5.56 Å². The lowest BCUT2D eigenvalue weighted by Crippen LogP contribution is -2.27. The van der Waals surface area contributed by atoms with Crippen molar-refractivity contribution in [3.8, 4) is 0 Å². The molecule has 1 unspecified atom stereocenters. The molecule has 0 radical (unpaired) electrons. The van der Waals surface area contributed by atoms with E-state index >= 15 is 0 Å². The number of halogens is 1. The average molecular weight is 240 g/mol. The highest BCUT2D eigenvalue weighted by molar-refractivity contribution is 6.30. The van der Waals surface area contributed by atoms with Crippen molar-refractivity contribution in [3.05, 3.63) is 35.4 Å². The van der Waals surface area contributed by atoms with E-state index in [-0.39, 0.29) is 5.91 Å². The highest BCUT2D eigenvalue weighted by atomic mass is 35.5. The zero-order valence-electron chi connectivity index (χ0n) is 9.79. The molecule has 0 fully saturated rings. The molecule has 16 heavy (non-hydrogen) atoms. The van der Waals surface area contributed by atoms with E-state index < -0.39 is 5.38 Å². The smallest absolute Gasteiger partial charge is 0.242 e. The molecule has 0 aliphatic rings. The van der Waals surface area contributed by atoms with Crippen LogP contribution in [0.15, 0.2) is 24.3 Å². The number of aryl methyl sites for hydroxylation is 1. The van der Waals surface area contributed by atoms with Gasteiger partial charge in [-0.2, -0.15) is 0 Å². The molecule has 1 aromatic carbocycles. The maximum atomic E-state index is 11.6. The van der Waals surface area contributed by atoms with Crippen LogP contribution in [0.4, 0.5) is 0 Å². The van der Waals surface area contributed by atoms with Gasteiger partial charge in [-0.15, -0.1) is 11.6 Å². The minimum Gasteiger partial charge on any atom is -0.355 e. The molecule has 0 saturated heterocycles. The fourth-order valence-electron chi connectivity index (χ4n) is 1.41. The van der Waals surface area contributed by atoms with Gasteiger partial charge in [0.15, 0.2) is 0 Å². The molecule has 0 aromatic heterocycles. The van der Waals surface area contributed by atoms with Crippen LogP contribution in [0.1, 0.15) is 36.8 Å². The van der Waals surface area contributed by atoms with Gasteiger partial charge in [-0.3, -0.25) is 4.79 Å². The second-order valence-electron chi connectivity index (χ2n) is 3.75. The van der Waals surface area contributed by atoms with Crippen LogP contribution < -0.4 is 5.32 Å². The highest BCUT2D eigenvalue weighted by Crippen LogP contribution is 2.21. The molecular weight excluding hydrogens is 222 g/mol. The lowest BCUT2D eigenvalue weighted by atomic mass is 10.1. The molecule has 0 spiro atoms. The molecule has 3 heteroatoms. The fourth-order valence-corrected chi connectivity index (χ4v) is 1.63. The number of rotatable bonds is 5. The average Bonchev–Trinajstić information content (AvgIpc) is 2.35. The summed E-state index contributed by atoms with van der Waals surface area (Å²) in [4.78, 5) is 11.6. The maximum Gasteiger partial charge on any atom is 0.242 e. The molecule has 0 bridgehead atoms. The summed E-state index contributed by atoms with van der Waals surface area (Å²) in [6.45, 7) is 4.79. The zero-order chi connectivity index (χ0) is 12.0. The van der Waals surface area contributed by atoms with Crippen molar-refractivity contribution in [2.24, 2.45) is 0 Å². The third-order valence-electron chi connectivity index (χ3n) is 2.46. The van der Waals surface area contributed by atoms with Gasteiger partial charge in [0.1, 0.15) is 5.38 Å². The molecular formula is C13H18ClNO. The van der Waals surface area contributed by atoms with Crippen molar-refractivity contribution >= 4 is 17.5 Å². The Kier molecular flexibility index (Phi) is 5.33.